The molecule has 1 heterocycles. The molecule has 4 nitrogen and oxygen atoms in total. The molecular weight excluding hydrogens is 359 g/mol. The first-order valence-corrected chi connectivity index (χ1v) is 8.86. The highest BCUT2D eigenvalue weighted by atomic mass is 35.5. The normalized spacial score (nSPS) is 17.0. The van der Waals surface area contributed by atoms with Gasteiger partial charge < -0.3 is 10.2 Å². The number of carbonyl (C=O) groups excluding carboxylic acids is 2. The Morgan fingerprint density at radius 2 is 1.64 bits per heavy atom. The summed E-state index contributed by atoms with van der Waals surface area (Å²) in [7, 11) is 0. The van der Waals surface area contributed by atoms with Crippen LogP contribution in [0.1, 0.15) is 12.0 Å². The third kappa shape index (κ3) is 4.53. The highest BCUT2D eigenvalue weighted by Gasteiger charge is 2.34. The SMILES string of the molecule is O=C(NCCc1ccc(Cl)cc1)C1CC(=O)N(c2ccc(Cl)cc2)C1. The Morgan fingerprint density at radius 3 is 2.28 bits per heavy atom. The van der Waals surface area contributed by atoms with Gasteiger partial charge in [0.2, 0.25) is 11.8 Å². The quantitative estimate of drug-likeness (QED) is 0.864. The van der Waals surface area contributed by atoms with E-state index in [1.54, 1.807) is 29.2 Å². The molecule has 2 aromatic carbocycles. The third-order valence-corrected chi connectivity index (χ3v) is 4.76. The van der Waals surface area contributed by atoms with Gasteiger partial charge in [0.15, 0.2) is 0 Å². The van der Waals surface area contributed by atoms with E-state index in [9.17, 15) is 9.59 Å². The molecule has 3 rings (SSSR count). The van der Waals surface area contributed by atoms with Gasteiger partial charge >= 0.3 is 0 Å². The second kappa shape index (κ2) is 7.89. The Balaban J connectivity index is 1.52. The largest absolute Gasteiger partial charge is 0.355 e. The Morgan fingerprint density at radius 1 is 1.04 bits per heavy atom. The summed E-state index contributed by atoms with van der Waals surface area (Å²) in [6, 6.07) is 14.6. The molecule has 1 aliphatic heterocycles. The van der Waals surface area contributed by atoms with Crippen LogP contribution in [-0.2, 0) is 16.0 Å². The van der Waals surface area contributed by atoms with Crippen LogP contribution in [0.15, 0.2) is 48.5 Å². The van der Waals surface area contributed by atoms with E-state index in [1.807, 2.05) is 24.3 Å². The van der Waals surface area contributed by atoms with E-state index in [2.05, 4.69) is 5.32 Å². The fourth-order valence-corrected chi connectivity index (χ4v) is 3.13. The van der Waals surface area contributed by atoms with Gasteiger partial charge in [-0.25, -0.2) is 0 Å². The van der Waals surface area contributed by atoms with E-state index in [1.165, 1.54) is 0 Å². The monoisotopic (exact) mass is 376 g/mol. The average Bonchev–Trinajstić information content (AvgIpc) is 2.99. The number of anilines is 1. The zero-order chi connectivity index (χ0) is 17.8. The summed E-state index contributed by atoms with van der Waals surface area (Å²) in [5.41, 5.74) is 1.88. The van der Waals surface area contributed by atoms with Gasteiger partial charge in [0.05, 0.1) is 5.92 Å². The third-order valence-electron chi connectivity index (χ3n) is 4.26. The number of hydrogen-bond donors (Lipinski definition) is 1. The molecule has 0 bridgehead atoms. The molecule has 1 atom stereocenters. The number of nitrogens with zero attached hydrogens (tertiary/aromatic N) is 1. The Kier molecular flexibility index (Phi) is 5.61. The summed E-state index contributed by atoms with van der Waals surface area (Å²) in [6.45, 7) is 0.930. The van der Waals surface area contributed by atoms with Crippen LogP contribution < -0.4 is 10.2 Å². The molecule has 0 spiro atoms. The molecule has 25 heavy (non-hydrogen) atoms. The summed E-state index contributed by atoms with van der Waals surface area (Å²) in [6.07, 6.45) is 0.958. The van der Waals surface area contributed by atoms with E-state index in [-0.39, 0.29) is 24.2 Å². The molecule has 0 radical (unpaired) electrons. The number of amides is 2. The van der Waals surface area contributed by atoms with Crippen molar-refractivity contribution in [3.05, 3.63) is 64.1 Å². The maximum atomic E-state index is 12.3. The molecule has 1 unspecified atom stereocenters. The van der Waals surface area contributed by atoms with Gasteiger partial charge in [0, 0.05) is 35.2 Å². The van der Waals surface area contributed by atoms with Crippen molar-refractivity contribution in [3.63, 3.8) is 0 Å². The van der Waals surface area contributed by atoms with Crippen LogP contribution in [0.3, 0.4) is 0 Å². The highest BCUT2D eigenvalue weighted by Crippen LogP contribution is 2.26. The molecule has 0 saturated carbocycles. The number of nitrogens with one attached hydrogen (secondary N) is 1. The maximum absolute atomic E-state index is 12.3. The predicted molar refractivity (Wildman–Crippen MR) is 100 cm³/mol. The van der Waals surface area contributed by atoms with E-state index < -0.39 is 0 Å². The molecule has 1 fully saturated rings. The first-order valence-electron chi connectivity index (χ1n) is 8.11. The molecule has 2 amide bonds. The van der Waals surface area contributed by atoms with Crippen molar-refractivity contribution < 1.29 is 9.59 Å². The zero-order valence-corrected chi connectivity index (χ0v) is 15.1. The zero-order valence-electron chi connectivity index (χ0n) is 13.5. The predicted octanol–water partition coefficient (Wildman–Crippen LogP) is 3.71. The van der Waals surface area contributed by atoms with Crippen LogP contribution in [0.5, 0.6) is 0 Å². The average molecular weight is 377 g/mol. The number of benzene rings is 2. The van der Waals surface area contributed by atoms with Crippen LogP contribution in [0.25, 0.3) is 0 Å². The Labute approximate surface area is 156 Å². The molecular formula is C19H18Cl2N2O2. The standard InChI is InChI=1S/C19H18Cl2N2O2/c20-15-3-1-13(2-4-15)9-10-22-19(25)14-11-18(24)23(12-14)17-7-5-16(21)6-8-17/h1-8,14H,9-12H2,(H,22,25). The van der Waals surface area contributed by atoms with E-state index in [0.717, 1.165) is 17.7 Å². The van der Waals surface area contributed by atoms with E-state index in [4.69, 9.17) is 23.2 Å². The van der Waals surface area contributed by atoms with Gasteiger partial charge in [-0.2, -0.15) is 0 Å². The van der Waals surface area contributed by atoms with Crippen molar-refractivity contribution >= 4 is 40.7 Å². The minimum absolute atomic E-state index is 0.0415. The second-order valence-electron chi connectivity index (χ2n) is 6.05. The highest BCUT2D eigenvalue weighted by molar-refractivity contribution is 6.30. The minimum atomic E-state index is -0.326. The summed E-state index contributed by atoms with van der Waals surface area (Å²) >= 11 is 11.7. The van der Waals surface area contributed by atoms with Crippen LogP contribution >= 0.6 is 23.2 Å². The van der Waals surface area contributed by atoms with Gasteiger partial charge in [-0.3, -0.25) is 9.59 Å². The van der Waals surface area contributed by atoms with Crippen LogP contribution in [0.2, 0.25) is 10.0 Å². The number of hydrogen-bond acceptors (Lipinski definition) is 2. The fraction of sp³-hybridized carbons (Fsp3) is 0.263. The lowest BCUT2D eigenvalue weighted by Crippen LogP contribution is -2.34. The lowest BCUT2D eigenvalue weighted by atomic mass is 10.1. The summed E-state index contributed by atoms with van der Waals surface area (Å²) in [5.74, 6) is -0.452. The van der Waals surface area contributed by atoms with Crippen LogP contribution in [0, 0.1) is 5.92 Å². The molecule has 6 heteroatoms. The van der Waals surface area contributed by atoms with Crippen molar-refractivity contribution in [1.29, 1.82) is 0 Å². The van der Waals surface area contributed by atoms with Gasteiger partial charge in [-0.05, 0) is 48.4 Å². The van der Waals surface area contributed by atoms with E-state index in [0.29, 0.717) is 23.1 Å². The van der Waals surface area contributed by atoms with Crippen LogP contribution in [0.4, 0.5) is 5.69 Å². The van der Waals surface area contributed by atoms with Gasteiger partial charge in [0.25, 0.3) is 0 Å². The molecule has 1 aliphatic rings. The molecule has 1 N–H and O–H groups in total. The molecule has 1 saturated heterocycles. The first kappa shape index (κ1) is 17.8. The molecule has 130 valence electrons. The maximum Gasteiger partial charge on any atom is 0.227 e. The second-order valence-corrected chi connectivity index (χ2v) is 6.92. The van der Waals surface area contributed by atoms with Gasteiger partial charge in [-0.1, -0.05) is 35.3 Å². The number of carbonyl (C=O) groups is 2. The smallest absolute Gasteiger partial charge is 0.227 e. The van der Waals surface area contributed by atoms with E-state index >= 15 is 0 Å². The molecule has 0 aliphatic carbocycles. The number of rotatable bonds is 5. The molecule has 0 aromatic heterocycles. The van der Waals surface area contributed by atoms with Crippen LogP contribution in [-0.4, -0.2) is 24.9 Å². The van der Waals surface area contributed by atoms with Crippen molar-refractivity contribution in [2.24, 2.45) is 5.92 Å². The van der Waals surface area contributed by atoms with Crippen molar-refractivity contribution in [2.45, 2.75) is 12.8 Å². The minimum Gasteiger partial charge on any atom is -0.355 e. The lowest BCUT2D eigenvalue weighted by Gasteiger charge is -2.16. The number of halogens is 2. The molecule has 2 aromatic rings. The van der Waals surface area contributed by atoms with Crippen molar-refractivity contribution in [2.75, 3.05) is 18.0 Å². The van der Waals surface area contributed by atoms with Gasteiger partial charge in [-0.15, -0.1) is 0 Å². The first-order chi connectivity index (χ1) is 12.0. The topological polar surface area (TPSA) is 49.4 Å². The van der Waals surface area contributed by atoms with Crippen molar-refractivity contribution in [1.82, 2.24) is 5.32 Å². The van der Waals surface area contributed by atoms with Crippen molar-refractivity contribution in [3.8, 4) is 0 Å². The summed E-state index contributed by atoms with van der Waals surface area (Å²) in [5, 5.41) is 4.23. The summed E-state index contributed by atoms with van der Waals surface area (Å²) in [4.78, 5) is 26.2. The summed E-state index contributed by atoms with van der Waals surface area (Å²) < 4.78 is 0. The Hall–Kier alpha value is -2.04. The Bertz CT molecular complexity index is 760. The lowest BCUT2D eigenvalue weighted by molar-refractivity contribution is -0.126. The fourth-order valence-electron chi connectivity index (χ4n) is 2.88. The van der Waals surface area contributed by atoms with Gasteiger partial charge in [0.1, 0.15) is 0 Å².